The van der Waals surface area contributed by atoms with Crippen LogP contribution in [0.1, 0.15) is 79.0 Å². The average Bonchev–Trinajstić information content (AvgIpc) is 3.39. The molecule has 2 aliphatic rings. The van der Waals surface area contributed by atoms with Crippen molar-refractivity contribution in [1.29, 1.82) is 5.26 Å². The summed E-state index contributed by atoms with van der Waals surface area (Å²) in [6, 6.07) is 15.3. The number of carbonyl (C=O) groups is 2. The summed E-state index contributed by atoms with van der Waals surface area (Å²) in [5.41, 5.74) is 2.68. The van der Waals surface area contributed by atoms with Gasteiger partial charge in [0.25, 0.3) is 0 Å². The Hall–Kier alpha value is -5.06. The highest BCUT2D eigenvalue weighted by atomic mass is 19.1. The molecule has 0 aliphatic carbocycles. The fraction of sp³-hybridized carbons (Fsp3) is 0.432. The van der Waals surface area contributed by atoms with Crippen LogP contribution in [0.5, 0.6) is 5.88 Å². The van der Waals surface area contributed by atoms with Crippen LogP contribution in [0, 0.1) is 17.1 Å². The van der Waals surface area contributed by atoms with Gasteiger partial charge in [-0.3, -0.25) is 10.2 Å². The topological polar surface area (TPSA) is 141 Å². The summed E-state index contributed by atoms with van der Waals surface area (Å²) in [7, 11) is 1.30. The molecule has 13 heteroatoms. The third kappa shape index (κ3) is 8.21. The molecule has 0 saturated carbocycles. The molecule has 1 amide bonds. The number of nitrogens with zero attached hydrogens (tertiary/aromatic N) is 5. The number of carbonyl (C=O) groups excluding carboxylic acids is 2. The summed E-state index contributed by atoms with van der Waals surface area (Å²) in [6.45, 7) is 8.83. The Bertz CT molecular complexity index is 1920. The zero-order chi connectivity index (χ0) is 35.4. The second-order valence-electron chi connectivity index (χ2n) is 13.6. The number of fused-ring (bicyclic) bond motifs is 1. The first kappa shape index (κ1) is 34.8. The molecule has 4 aromatic rings. The largest absolute Gasteiger partial charge is 0.473 e. The van der Waals surface area contributed by atoms with Crippen LogP contribution >= 0.6 is 0 Å². The zero-order valence-electron chi connectivity index (χ0n) is 28.7. The Kier molecular flexibility index (Phi) is 10.3. The first-order chi connectivity index (χ1) is 24.0. The van der Waals surface area contributed by atoms with Crippen LogP contribution in [0.25, 0.3) is 11.0 Å². The van der Waals surface area contributed by atoms with Gasteiger partial charge in [0.15, 0.2) is 0 Å². The second kappa shape index (κ2) is 14.8. The first-order valence-electron chi connectivity index (χ1n) is 16.7. The van der Waals surface area contributed by atoms with E-state index in [1.807, 2.05) is 18.2 Å². The molecule has 0 unspecified atom stereocenters. The Morgan fingerprint density at radius 3 is 2.54 bits per heavy atom. The maximum atomic E-state index is 14.3. The van der Waals surface area contributed by atoms with Crippen LogP contribution in [0.4, 0.5) is 14.9 Å². The number of pyridine rings is 1. The highest BCUT2D eigenvalue weighted by molar-refractivity contribution is 6.03. The standard InChI is InChI=1S/C37H41FN6O6/c1-37(2,3)50-36(46)42-30-18-31-32(17-27(30)35(45)47-4)44(20-26-12-15-48-26)33(40-31)21-43-13-10-24(11-14-43)29-6-5-7-34(41-29)49-22-25-9-8-23(19-39)16-28(25)38/h5-9,16-18,24,26H,10-15,20-22H2,1-4H3,(H,42,46)/t26-/m0/s1. The van der Waals surface area contributed by atoms with Crippen molar-refractivity contribution in [1.82, 2.24) is 19.4 Å². The van der Waals surface area contributed by atoms with Gasteiger partial charge in [0.1, 0.15) is 23.8 Å². The fourth-order valence-corrected chi connectivity index (χ4v) is 6.18. The molecule has 262 valence electrons. The minimum atomic E-state index is -0.717. The van der Waals surface area contributed by atoms with Gasteiger partial charge in [-0.15, -0.1) is 0 Å². The highest BCUT2D eigenvalue weighted by Gasteiger charge is 2.28. The van der Waals surface area contributed by atoms with Gasteiger partial charge >= 0.3 is 12.1 Å². The molecule has 2 aromatic carbocycles. The molecular formula is C37H41FN6O6. The number of nitriles is 1. The average molecular weight is 685 g/mol. The van der Waals surface area contributed by atoms with Gasteiger partial charge in [-0.05, 0) is 83.5 Å². The molecule has 2 fully saturated rings. The number of hydrogen-bond donors (Lipinski definition) is 1. The van der Waals surface area contributed by atoms with E-state index in [1.54, 1.807) is 51.1 Å². The van der Waals surface area contributed by atoms with Crippen molar-refractivity contribution in [3.05, 3.63) is 82.6 Å². The Balaban J connectivity index is 1.16. The van der Waals surface area contributed by atoms with Crippen molar-refractivity contribution < 1.29 is 32.9 Å². The second-order valence-corrected chi connectivity index (χ2v) is 13.6. The smallest absolute Gasteiger partial charge is 0.412 e. The molecule has 0 bridgehead atoms. The Labute approximate surface area is 290 Å². The van der Waals surface area contributed by atoms with E-state index >= 15 is 0 Å². The number of nitrogens with one attached hydrogen (secondary N) is 1. The Morgan fingerprint density at radius 2 is 1.88 bits per heavy atom. The van der Waals surface area contributed by atoms with Crippen molar-refractivity contribution in [2.75, 3.05) is 32.1 Å². The van der Waals surface area contributed by atoms with Gasteiger partial charge in [0, 0.05) is 29.8 Å². The number of piperidine rings is 1. The van der Waals surface area contributed by atoms with Crippen LogP contribution in [0.2, 0.25) is 0 Å². The molecule has 0 radical (unpaired) electrons. The molecule has 50 heavy (non-hydrogen) atoms. The molecular weight excluding hydrogens is 643 g/mol. The molecule has 12 nitrogen and oxygen atoms in total. The number of aromatic nitrogens is 3. The van der Waals surface area contributed by atoms with Gasteiger partial charge in [-0.2, -0.15) is 5.26 Å². The summed E-state index contributed by atoms with van der Waals surface area (Å²) in [5, 5.41) is 11.7. The molecule has 4 heterocycles. The van der Waals surface area contributed by atoms with Gasteiger partial charge < -0.3 is 23.5 Å². The van der Waals surface area contributed by atoms with Gasteiger partial charge in [0.2, 0.25) is 5.88 Å². The minimum absolute atomic E-state index is 0.0129. The number of ether oxygens (including phenoxy) is 4. The lowest BCUT2D eigenvalue weighted by molar-refractivity contribution is -0.0592. The van der Waals surface area contributed by atoms with E-state index in [0.717, 1.165) is 49.4 Å². The number of halogens is 1. The summed E-state index contributed by atoms with van der Waals surface area (Å²) < 4.78 is 38.5. The summed E-state index contributed by atoms with van der Waals surface area (Å²) >= 11 is 0. The van der Waals surface area contributed by atoms with Crippen molar-refractivity contribution in [3.63, 3.8) is 0 Å². The lowest BCUT2D eigenvalue weighted by Gasteiger charge is -2.32. The maximum absolute atomic E-state index is 14.3. The van der Waals surface area contributed by atoms with Crippen molar-refractivity contribution in [2.24, 2.45) is 0 Å². The SMILES string of the molecule is COC(=O)c1cc2c(cc1NC(=O)OC(C)(C)C)nc(CN1CCC(c3cccc(OCc4ccc(C#N)cc4F)n3)CC1)n2C[C@@H]1CCO1. The number of imidazole rings is 1. The van der Waals surface area contributed by atoms with E-state index in [2.05, 4.69) is 14.8 Å². The monoisotopic (exact) mass is 684 g/mol. The number of hydrogen-bond acceptors (Lipinski definition) is 10. The van der Waals surface area contributed by atoms with E-state index in [4.69, 9.17) is 34.2 Å². The van der Waals surface area contributed by atoms with E-state index in [9.17, 15) is 14.0 Å². The van der Waals surface area contributed by atoms with E-state index in [1.165, 1.54) is 13.2 Å². The quantitative estimate of drug-likeness (QED) is 0.189. The number of methoxy groups -OCH3 is 1. The molecule has 2 aliphatic heterocycles. The minimum Gasteiger partial charge on any atom is -0.473 e. The van der Waals surface area contributed by atoms with Crippen LogP contribution in [0.3, 0.4) is 0 Å². The van der Waals surface area contributed by atoms with E-state index < -0.39 is 23.5 Å². The normalized spacial score (nSPS) is 16.8. The van der Waals surface area contributed by atoms with Gasteiger partial charge in [0.05, 0.1) is 60.2 Å². The third-order valence-corrected chi connectivity index (χ3v) is 8.86. The predicted molar refractivity (Wildman–Crippen MR) is 182 cm³/mol. The Morgan fingerprint density at radius 1 is 1.10 bits per heavy atom. The van der Waals surface area contributed by atoms with Crippen LogP contribution in [0.15, 0.2) is 48.5 Å². The zero-order valence-corrected chi connectivity index (χ0v) is 28.7. The van der Waals surface area contributed by atoms with Crippen molar-refractivity contribution >= 4 is 28.8 Å². The number of benzene rings is 2. The molecule has 6 rings (SSSR count). The highest BCUT2D eigenvalue weighted by Crippen LogP contribution is 2.32. The van der Waals surface area contributed by atoms with Gasteiger partial charge in [-0.1, -0.05) is 12.1 Å². The molecule has 1 atom stereocenters. The number of rotatable bonds is 10. The number of anilines is 1. The van der Waals surface area contributed by atoms with Crippen LogP contribution in [-0.4, -0.2) is 70.0 Å². The first-order valence-corrected chi connectivity index (χ1v) is 16.7. The maximum Gasteiger partial charge on any atom is 0.412 e. The lowest BCUT2D eigenvalue weighted by atomic mass is 9.93. The van der Waals surface area contributed by atoms with Crippen molar-refractivity contribution in [3.8, 4) is 11.9 Å². The molecule has 2 aromatic heterocycles. The fourth-order valence-electron chi connectivity index (χ4n) is 6.18. The summed E-state index contributed by atoms with van der Waals surface area (Å²) in [5.74, 6) is 0.421. The van der Waals surface area contributed by atoms with Crippen LogP contribution in [-0.2, 0) is 33.9 Å². The van der Waals surface area contributed by atoms with Crippen molar-refractivity contribution in [2.45, 2.75) is 77.4 Å². The lowest BCUT2D eigenvalue weighted by Crippen LogP contribution is -2.35. The number of likely N-dealkylation sites (tertiary alicyclic amines) is 1. The molecule has 2 saturated heterocycles. The van der Waals surface area contributed by atoms with Gasteiger partial charge in [-0.25, -0.2) is 23.9 Å². The predicted octanol–water partition coefficient (Wildman–Crippen LogP) is 6.32. The summed E-state index contributed by atoms with van der Waals surface area (Å²) in [4.78, 5) is 37.6. The molecule has 0 spiro atoms. The summed E-state index contributed by atoms with van der Waals surface area (Å²) in [6.07, 6.45) is 2.06. The van der Waals surface area contributed by atoms with Crippen LogP contribution < -0.4 is 10.1 Å². The number of amides is 1. The molecule has 1 N–H and O–H groups in total. The number of esters is 1. The van der Waals surface area contributed by atoms with E-state index in [-0.39, 0.29) is 35.4 Å². The third-order valence-electron chi connectivity index (χ3n) is 8.86. The van der Waals surface area contributed by atoms with E-state index in [0.29, 0.717) is 36.7 Å².